The van der Waals surface area contributed by atoms with Crippen LogP contribution in [0.5, 0.6) is 5.75 Å². The zero-order valence-electron chi connectivity index (χ0n) is 8.88. The monoisotopic (exact) mass is 305 g/mol. The smallest absolute Gasteiger partial charge is 0.120 e. The highest BCUT2D eigenvalue weighted by molar-refractivity contribution is 14.1. The molecule has 1 aromatic rings. The first-order chi connectivity index (χ1) is 6.59. The van der Waals surface area contributed by atoms with Crippen LogP contribution in [0, 0.1) is 10.5 Å². The predicted octanol–water partition coefficient (Wildman–Crippen LogP) is 2.54. The van der Waals surface area contributed by atoms with Crippen LogP contribution >= 0.6 is 22.6 Å². The van der Waals surface area contributed by atoms with Gasteiger partial charge in [0.05, 0.1) is 0 Å². The summed E-state index contributed by atoms with van der Waals surface area (Å²) in [7, 11) is 4.09. The molecule has 0 aliphatic rings. The third-order valence-corrected chi connectivity index (χ3v) is 3.11. The van der Waals surface area contributed by atoms with E-state index in [9.17, 15) is 0 Å². The Balaban J connectivity index is 2.47. The minimum Gasteiger partial charge on any atom is -0.492 e. The predicted molar refractivity (Wildman–Crippen MR) is 67.9 cm³/mol. The molecule has 0 amide bonds. The molecule has 1 rings (SSSR count). The highest BCUT2D eigenvalue weighted by Crippen LogP contribution is 2.18. The van der Waals surface area contributed by atoms with Gasteiger partial charge in [-0.15, -0.1) is 0 Å². The van der Waals surface area contributed by atoms with Crippen molar-refractivity contribution >= 4 is 22.6 Å². The maximum atomic E-state index is 5.61. The molecule has 0 radical (unpaired) electrons. The molecule has 0 heterocycles. The highest BCUT2D eigenvalue weighted by atomic mass is 127. The van der Waals surface area contributed by atoms with Gasteiger partial charge in [-0.1, -0.05) is 6.07 Å². The van der Waals surface area contributed by atoms with E-state index in [-0.39, 0.29) is 0 Å². The third kappa shape index (κ3) is 3.84. The van der Waals surface area contributed by atoms with Crippen molar-refractivity contribution in [3.8, 4) is 5.75 Å². The number of hydrogen-bond donors (Lipinski definition) is 0. The first-order valence-corrected chi connectivity index (χ1v) is 5.71. The van der Waals surface area contributed by atoms with E-state index >= 15 is 0 Å². The molecular weight excluding hydrogens is 289 g/mol. The summed E-state index contributed by atoms with van der Waals surface area (Å²) in [6.45, 7) is 3.79. The Hall–Kier alpha value is -0.290. The lowest BCUT2D eigenvalue weighted by Gasteiger charge is -2.11. The van der Waals surface area contributed by atoms with E-state index in [4.69, 9.17) is 4.74 Å². The fourth-order valence-corrected chi connectivity index (χ4v) is 1.50. The van der Waals surface area contributed by atoms with Crippen molar-refractivity contribution in [2.45, 2.75) is 6.92 Å². The summed E-state index contributed by atoms with van der Waals surface area (Å²) in [5, 5.41) is 0. The van der Waals surface area contributed by atoms with Gasteiger partial charge in [-0.3, -0.25) is 0 Å². The standard InChI is InChI=1S/C11H16INO/c1-9-4-5-10(8-11(9)12)14-7-6-13(2)3/h4-5,8H,6-7H2,1-3H3. The topological polar surface area (TPSA) is 12.5 Å². The van der Waals surface area contributed by atoms with Gasteiger partial charge in [-0.25, -0.2) is 0 Å². The molecule has 78 valence electrons. The van der Waals surface area contributed by atoms with Crippen LogP contribution in [0.3, 0.4) is 0 Å². The quantitative estimate of drug-likeness (QED) is 0.793. The van der Waals surface area contributed by atoms with E-state index < -0.39 is 0 Å². The minimum absolute atomic E-state index is 0.742. The number of nitrogens with zero attached hydrogens (tertiary/aromatic N) is 1. The average molecular weight is 305 g/mol. The molecule has 3 heteroatoms. The summed E-state index contributed by atoms with van der Waals surface area (Å²) < 4.78 is 6.86. The van der Waals surface area contributed by atoms with Gasteiger partial charge in [0.25, 0.3) is 0 Å². The molecule has 2 nitrogen and oxygen atoms in total. The van der Waals surface area contributed by atoms with Gasteiger partial charge in [0.15, 0.2) is 0 Å². The van der Waals surface area contributed by atoms with Gasteiger partial charge in [-0.05, 0) is 61.3 Å². The molecule has 0 bridgehead atoms. The number of benzene rings is 1. The molecule has 0 aliphatic carbocycles. The van der Waals surface area contributed by atoms with Crippen molar-refractivity contribution in [2.75, 3.05) is 27.2 Å². The Bertz CT molecular complexity index is 299. The Morgan fingerprint density at radius 1 is 1.36 bits per heavy atom. The maximum Gasteiger partial charge on any atom is 0.120 e. The molecular formula is C11H16INO. The summed E-state index contributed by atoms with van der Waals surface area (Å²) in [6, 6.07) is 6.19. The minimum atomic E-state index is 0.742. The van der Waals surface area contributed by atoms with Crippen LogP contribution in [0.2, 0.25) is 0 Å². The van der Waals surface area contributed by atoms with E-state index in [1.807, 2.05) is 20.2 Å². The normalized spacial score (nSPS) is 10.6. The Morgan fingerprint density at radius 2 is 2.07 bits per heavy atom. The van der Waals surface area contributed by atoms with Crippen LogP contribution in [0.4, 0.5) is 0 Å². The molecule has 0 spiro atoms. The van der Waals surface area contributed by atoms with Crippen LogP contribution in [0.1, 0.15) is 5.56 Å². The largest absolute Gasteiger partial charge is 0.492 e. The van der Waals surface area contributed by atoms with E-state index in [0.717, 1.165) is 18.9 Å². The lowest BCUT2D eigenvalue weighted by Crippen LogP contribution is -2.19. The van der Waals surface area contributed by atoms with Gasteiger partial charge in [0.1, 0.15) is 12.4 Å². The number of hydrogen-bond acceptors (Lipinski definition) is 2. The number of rotatable bonds is 4. The van der Waals surface area contributed by atoms with Crippen molar-refractivity contribution in [1.82, 2.24) is 4.90 Å². The number of aryl methyl sites for hydroxylation is 1. The molecule has 0 saturated heterocycles. The number of halogens is 1. The Labute approximate surface area is 99.4 Å². The molecule has 1 aromatic carbocycles. The third-order valence-electron chi connectivity index (χ3n) is 1.95. The van der Waals surface area contributed by atoms with Gasteiger partial charge >= 0.3 is 0 Å². The van der Waals surface area contributed by atoms with E-state index in [0.29, 0.717) is 0 Å². The Kier molecular flexibility index (Phi) is 4.68. The zero-order valence-corrected chi connectivity index (χ0v) is 11.0. The zero-order chi connectivity index (χ0) is 10.6. The van der Waals surface area contributed by atoms with Crippen molar-refractivity contribution in [2.24, 2.45) is 0 Å². The van der Waals surface area contributed by atoms with Gasteiger partial charge in [0.2, 0.25) is 0 Å². The van der Waals surface area contributed by atoms with Crippen molar-refractivity contribution in [1.29, 1.82) is 0 Å². The summed E-state index contributed by atoms with van der Waals surface area (Å²) in [5.41, 5.74) is 1.30. The second kappa shape index (κ2) is 5.56. The molecule has 0 atom stereocenters. The van der Waals surface area contributed by atoms with Crippen LogP contribution < -0.4 is 4.74 Å². The van der Waals surface area contributed by atoms with Gasteiger partial charge in [0, 0.05) is 10.1 Å². The lowest BCUT2D eigenvalue weighted by molar-refractivity contribution is 0.261. The number of ether oxygens (including phenoxy) is 1. The average Bonchev–Trinajstić information content (AvgIpc) is 2.10. The fourth-order valence-electron chi connectivity index (χ4n) is 1.01. The second-order valence-corrected chi connectivity index (χ2v) is 4.72. The maximum absolute atomic E-state index is 5.61. The summed E-state index contributed by atoms with van der Waals surface area (Å²) >= 11 is 2.32. The summed E-state index contributed by atoms with van der Waals surface area (Å²) in [6.07, 6.45) is 0. The van der Waals surface area contributed by atoms with Gasteiger partial charge in [-0.2, -0.15) is 0 Å². The SMILES string of the molecule is Cc1ccc(OCCN(C)C)cc1I. The molecule has 0 aromatic heterocycles. The molecule has 0 aliphatic heterocycles. The molecule has 0 unspecified atom stereocenters. The molecule has 0 fully saturated rings. The van der Waals surface area contributed by atoms with Crippen molar-refractivity contribution in [3.05, 3.63) is 27.3 Å². The second-order valence-electron chi connectivity index (χ2n) is 3.56. The van der Waals surface area contributed by atoms with Crippen LogP contribution in [0.25, 0.3) is 0 Å². The highest BCUT2D eigenvalue weighted by Gasteiger charge is 1.98. The van der Waals surface area contributed by atoms with Crippen LogP contribution in [-0.4, -0.2) is 32.1 Å². The van der Waals surface area contributed by atoms with E-state index in [1.54, 1.807) is 0 Å². The molecule has 0 N–H and O–H groups in total. The summed E-state index contributed by atoms with van der Waals surface area (Å²) in [5.74, 6) is 0.960. The molecule has 0 saturated carbocycles. The van der Waals surface area contributed by atoms with E-state index in [2.05, 4.69) is 46.5 Å². The van der Waals surface area contributed by atoms with Crippen LogP contribution in [-0.2, 0) is 0 Å². The van der Waals surface area contributed by atoms with Gasteiger partial charge < -0.3 is 9.64 Å². The fraction of sp³-hybridized carbons (Fsp3) is 0.455. The van der Waals surface area contributed by atoms with E-state index in [1.165, 1.54) is 9.13 Å². The van der Waals surface area contributed by atoms with Crippen molar-refractivity contribution in [3.63, 3.8) is 0 Å². The summed E-state index contributed by atoms with van der Waals surface area (Å²) in [4.78, 5) is 2.11. The number of likely N-dealkylation sites (N-methyl/N-ethyl adjacent to an activating group) is 1. The first-order valence-electron chi connectivity index (χ1n) is 4.63. The molecule has 14 heavy (non-hydrogen) atoms. The Morgan fingerprint density at radius 3 is 2.64 bits per heavy atom. The lowest BCUT2D eigenvalue weighted by atomic mass is 10.2. The van der Waals surface area contributed by atoms with Crippen LogP contribution in [0.15, 0.2) is 18.2 Å². The first kappa shape index (κ1) is 11.8. The van der Waals surface area contributed by atoms with Crippen molar-refractivity contribution < 1.29 is 4.74 Å².